The zero-order valence-corrected chi connectivity index (χ0v) is 11.3. The average Bonchev–Trinajstić information content (AvgIpc) is 2.33. The summed E-state index contributed by atoms with van der Waals surface area (Å²) < 4.78 is 0. The summed E-state index contributed by atoms with van der Waals surface area (Å²) in [7, 11) is 0. The minimum absolute atomic E-state index is 0.0855. The first-order chi connectivity index (χ1) is 8.38. The van der Waals surface area contributed by atoms with Crippen LogP contribution in [0.2, 0.25) is 0 Å². The number of aryl methyl sites for hydroxylation is 1. The van der Waals surface area contributed by atoms with Gasteiger partial charge in [0.15, 0.2) is 5.78 Å². The van der Waals surface area contributed by atoms with Gasteiger partial charge in [-0.25, -0.2) is 0 Å². The second-order valence-electron chi connectivity index (χ2n) is 4.19. The molecule has 4 nitrogen and oxygen atoms in total. The molecule has 98 valence electrons. The molecule has 1 unspecified atom stereocenters. The van der Waals surface area contributed by atoms with Crippen LogP contribution in [0.1, 0.15) is 28.4 Å². The van der Waals surface area contributed by atoms with Crippen molar-refractivity contribution in [2.75, 3.05) is 11.2 Å². The van der Waals surface area contributed by atoms with Crippen molar-refractivity contribution in [2.45, 2.75) is 26.8 Å². The lowest BCUT2D eigenvalue weighted by atomic mass is 9.99. The summed E-state index contributed by atoms with van der Waals surface area (Å²) in [5.41, 5.74) is 2.83. The Bertz CT molecular complexity index is 485. The summed E-state index contributed by atoms with van der Waals surface area (Å²) in [4.78, 5) is 22.5. The van der Waals surface area contributed by atoms with Gasteiger partial charge in [0.2, 0.25) is 0 Å². The van der Waals surface area contributed by atoms with E-state index in [-0.39, 0.29) is 11.7 Å². The lowest BCUT2D eigenvalue weighted by Gasteiger charge is -2.17. The highest BCUT2D eigenvalue weighted by atomic mass is 35.5. The molecule has 1 rings (SSSR count). The number of hydrogen-bond donors (Lipinski definition) is 2. The van der Waals surface area contributed by atoms with Crippen molar-refractivity contribution in [2.24, 2.45) is 0 Å². The molecule has 2 N–H and O–H groups in total. The summed E-state index contributed by atoms with van der Waals surface area (Å²) in [6.45, 7) is 5.19. The second-order valence-corrected chi connectivity index (χ2v) is 4.46. The Labute approximate surface area is 111 Å². The van der Waals surface area contributed by atoms with E-state index >= 15 is 0 Å². The third kappa shape index (κ3) is 3.01. The third-order valence-electron chi connectivity index (χ3n) is 2.83. The summed E-state index contributed by atoms with van der Waals surface area (Å²) in [5.74, 6) is -1.19. The van der Waals surface area contributed by atoms with E-state index in [0.29, 0.717) is 11.3 Å². The van der Waals surface area contributed by atoms with Crippen molar-refractivity contribution >= 4 is 29.0 Å². The number of benzene rings is 1. The second kappa shape index (κ2) is 5.87. The molecule has 1 atom stereocenters. The lowest BCUT2D eigenvalue weighted by molar-refractivity contribution is -0.137. The van der Waals surface area contributed by atoms with Crippen molar-refractivity contribution in [3.05, 3.63) is 28.8 Å². The molecule has 0 fully saturated rings. The highest BCUT2D eigenvalue weighted by Gasteiger charge is 2.17. The maximum atomic E-state index is 11.6. The van der Waals surface area contributed by atoms with Gasteiger partial charge in [-0.2, -0.15) is 0 Å². The molecule has 0 aliphatic rings. The van der Waals surface area contributed by atoms with Crippen LogP contribution in [0.4, 0.5) is 5.69 Å². The first-order valence-electron chi connectivity index (χ1n) is 5.57. The largest absolute Gasteiger partial charge is 0.480 e. The number of carbonyl (C=O) groups is 2. The van der Waals surface area contributed by atoms with Gasteiger partial charge in [0.1, 0.15) is 6.04 Å². The Morgan fingerprint density at radius 1 is 1.39 bits per heavy atom. The molecule has 0 spiro atoms. The fraction of sp³-hybridized carbons (Fsp3) is 0.385. The molecule has 5 heteroatoms. The highest BCUT2D eigenvalue weighted by molar-refractivity contribution is 6.30. The van der Waals surface area contributed by atoms with E-state index in [1.807, 2.05) is 6.92 Å². The molecule has 0 aliphatic heterocycles. The van der Waals surface area contributed by atoms with Gasteiger partial charge in [-0.15, -0.1) is 11.6 Å². The van der Waals surface area contributed by atoms with Gasteiger partial charge in [-0.1, -0.05) is 12.1 Å². The average molecular weight is 270 g/mol. The molecule has 0 aliphatic carbocycles. The summed E-state index contributed by atoms with van der Waals surface area (Å²) in [6.07, 6.45) is 0. The number of carboxylic acid groups (broad SMARTS) is 1. The topological polar surface area (TPSA) is 66.4 Å². The SMILES string of the molecule is Cc1ccc(C(=O)CCl)c(C)c1NC(C)C(=O)O. The number of carbonyl (C=O) groups excluding carboxylic acids is 1. The van der Waals surface area contributed by atoms with Crippen molar-refractivity contribution in [3.63, 3.8) is 0 Å². The predicted octanol–water partition coefficient (Wildman–Crippen LogP) is 2.61. The van der Waals surface area contributed by atoms with Gasteiger partial charge in [0.05, 0.1) is 5.88 Å². The number of Topliss-reactive ketones (excluding diaryl/α,β-unsaturated/α-hetero) is 1. The quantitative estimate of drug-likeness (QED) is 0.637. The number of carboxylic acids is 1. The molecule has 0 saturated heterocycles. The minimum atomic E-state index is -0.942. The number of nitrogens with one attached hydrogen (secondary N) is 1. The van der Waals surface area contributed by atoms with Crippen molar-refractivity contribution in [1.29, 1.82) is 0 Å². The molecule has 18 heavy (non-hydrogen) atoms. The Kier molecular flexibility index (Phi) is 4.73. The first kappa shape index (κ1) is 14.5. The number of hydrogen-bond acceptors (Lipinski definition) is 3. The molecular formula is C13H16ClNO3. The monoisotopic (exact) mass is 269 g/mol. The zero-order chi connectivity index (χ0) is 13.9. The van der Waals surface area contributed by atoms with Gasteiger partial charge < -0.3 is 10.4 Å². The lowest BCUT2D eigenvalue weighted by Crippen LogP contribution is -2.26. The van der Waals surface area contributed by atoms with E-state index in [1.165, 1.54) is 0 Å². The van der Waals surface area contributed by atoms with Crippen LogP contribution in [-0.4, -0.2) is 28.8 Å². The normalized spacial score (nSPS) is 12.0. The van der Waals surface area contributed by atoms with Crippen molar-refractivity contribution in [3.8, 4) is 0 Å². The van der Waals surface area contributed by atoms with Crippen LogP contribution in [0.15, 0.2) is 12.1 Å². The molecule has 0 bridgehead atoms. The van der Waals surface area contributed by atoms with E-state index in [0.717, 1.165) is 11.1 Å². The van der Waals surface area contributed by atoms with E-state index in [4.69, 9.17) is 16.7 Å². The Hall–Kier alpha value is -1.55. The van der Waals surface area contributed by atoms with Crippen LogP contribution < -0.4 is 5.32 Å². The Morgan fingerprint density at radius 3 is 2.50 bits per heavy atom. The third-order valence-corrected chi connectivity index (χ3v) is 3.07. The summed E-state index contributed by atoms with van der Waals surface area (Å²) >= 11 is 5.54. The van der Waals surface area contributed by atoms with Crippen molar-refractivity contribution < 1.29 is 14.7 Å². The number of rotatable bonds is 5. The number of halogens is 1. The number of anilines is 1. The maximum absolute atomic E-state index is 11.6. The first-order valence-corrected chi connectivity index (χ1v) is 6.10. The maximum Gasteiger partial charge on any atom is 0.325 e. The number of alkyl halides is 1. The van der Waals surface area contributed by atoms with Crippen LogP contribution in [0.3, 0.4) is 0 Å². The van der Waals surface area contributed by atoms with E-state index < -0.39 is 12.0 Å². The van der Waals surface area contributed by atoms with Crippen LogP contribution >= 0.6 is 11.6 Å². The molecule has 0 radical (unpaired) electrons. The smallest absolute Gasteiger partial charge is 0.325 e. The van der Waals surface area contributed by atoms with Gasteiger partial charge in [-0.05, 0) is 31.9 Å². The molecule has 1 aromatic rings. The molecule has 0 heterocycles. The zero-order valence-electron chi connectivity index (χ0n) is 10.6. The van der Waals surface area contributed by atoms with Gasteiger partial charge in [0.25, 0.3) is 0 Å². The molecular weight excluding hydrogens is 254 g/mol. The van der Waals surface area contributed by atoms with Gasteiger partial charge in [0, 0.05) is 11.3 Å². The molecule has 0 saturated carbocycles. The standard InChI is InChI=1S/C13H16ClNO3/c1-7-4-5-10(11(16)6-14)8(2)12(7)15-9(3)13(17)18/h4-5,9,15H,6H2,1-3H3,(H,17,18). The Balaban J connectivity index is 3.18. The minimum Gasteiger partial charge on any atom is -0.480 e. The van der Waals surface area contributed by atoms with Crippen LogP contribution in [0, 0.1) is 13.8 Å². The number of ketones is 1. The highest BCUT2D eigenvalue weighted by Crippen LogP contribution is 2.25. The van der Waals surface area contributed by atoms with Crippen LogP contribution in [0.25, 0.3) is 0 Å². The summed E-state index contributed by atoms with van der Waals surface area (Å²) in [6, 6.07) is 2.78. The number of aliphatic carboxylic acids is 1. The van der Waals surface area contributed by atoms with Crippen LogP contribution in [0.5, 0.6) is 0 Å². The molecule has 0 amide bonds. The molecule has 0 aromatic heterocycles. The van der Waals surface area contributed by atoms with E-state index in [1.54, 1.807) is 26.0 Å². The van der Waals surface area contributed by atoms with Crippen LogP contribution in [-0.2, 0) is 4.79 Å². The predicted molar refractivity (Wildman–Crippen MR) is 71.7 cm³/mol. The van der Waals surface area contributed by atoms with Crippen molar-refractivity contribution in [1.82, 2.24) is 0 Å². The fourth-order valence-electron chi connectivity index (χ4n) is 1.72. The Morgan fingerprint density at radius 2 is 2.00 bits per heavy atom. The van der Waals surface area contributed by atoms with E-state index in [9.17, 15) is 9.59 Å². The van der Waals surface area contributed by atoms with E-state index in [2.05, 4.69) is 5.32 Å². The summed E-state index contributed by atoms with van der Waals surface area (Å²) in [5, 5.41) is 11.8. The molecule has 1 aromatic carbocycles. The fourth-order valence-corrected chi connectivity index (χ4v) is 1.87. The van der Waals surface area contributed by atoms with Gasteiger partial charge in [-0.3, -0.25) is 9.59 Å². The van der Waals surface area contributed by atoms with Gasteiger partial charge >= 0.3 is 5.97 Å².